The van der Waals surface area contributed by atoms with Gasteiger partial charge < -0.3 is 4.74 Å². The molecular formula is C14H17N3O2. The van der Waals surface area contributed by atoms with Crippen molar-refractivity contribution in [3.05, 3.63) is 42.0 Å². The van der Waals surface area contributed by atoms with Gasteiger partial charge in [-0.25, -0.2) is 9.67 Å². The Hall–Kier alpha value is -2.17. The van der Waals surface area contributed by atoms with Gasteiger partial charge >= 0.3 is 0 Å². The van der Waals surface area contributed by atoms with E-state index in [1.54, 1.807) is 18.2 Å². The largest absolute Gasteiger partial charge is 0.486 e. The minimum Gasteiger partial charge on any atom is -0.486 e. The first kappa shape index (κ1) is 13.3. The van der Waals surface area contributed by atoms with E-state index in [-0.39, 0.29) is 0 Å². The van der Waals surface area contributed by atoms with Gasteiger partial charge in [-0.1, -0.05) is 26.0 Å². The minimum absolute atomic E-state index is 0.342. The molecular weight excluding hydrogens is 242 g/mol. The summed E-state index contributed by atoms with van der Waals surface area (Å²) in [5.74, 6) is 1.94. The fraction of sp³-hybridized carbons (Fsp3) is 0.357. The predicted octanol–water partition coefficient (Wildman–Crippen LogP) is 2.33. The SMILES string of the molecule is CC(C)Cn1ncnc1COc1cccc(C=O)c1. The average Bonchev–Trinajstić information content (AvgIpc) is 2.83. The zero-order chi connectivity index (χ0) is 13.7. The van der Waals surface area contributed by atoms with Gasteiger partial charge in [0.05, 0.1) is 0 Å². The molecule has 5 nitrogen and oxygen atoms in total. The van der Waals surface area contributed by atoms with Crippen LogP contribution in [-0.4, -0.2) is 21.1 Å². The van der Waals surface area contributed by atoms with Gasteiger partial charge in [0.2, 0.25) is 0 Å². The van der Waals surface area contributed by atoms with E-state index < -0.39 is 0 Å². The fourth-order valence-electron chi connectivity index (χ4n) is 1.72. The van der Waals surface area contributed by atoms with Crippen LogP contribution in [0.15, 0.2) is 30.6 Å². The summed E-state index contributed by atoms with van der Waals surface area (Å²) in [5, 5.41) is 4.17. The van der Waals surface area contributed by atoms with Crippen LogP contribution in [0.5, 0.6) is 5.75 Å². The van der Waals surface area contributed by atoms with Crippen LogP contribution >= 0.6 is 0 Å². The van der Waals surface area contributed by atoms with Gasteiger partial charge in [-0.3, -0.25) is 4.79 Å². The number of hydrogen-bond acceptors (Lipinski definition) is 4. The molecule has 2 aromatic rings. The van der Waals surface area contributed by atoms with Gasteiger partial charge in [0, 0.05) is 12.1 Å². The Morgan fingerprint density at radius 3 is 3.00 bits per heavy atom. The molecule has 0 spiro atoms. The monoisotopic (exact) mass is 259 g/mol. The van der Waals surface area contributed by atoms with E-state index in [1.165, 1.54) is 6.33 Å². The molecule has 0 N–H and O–H groups in total. The molecule has 0 radical (unpaired) electrons. The summed E-state index contributed by atoms with van der Waals surface area (Å²) in [4.78, 5) is 14.9. The van der Waals surface area contributed by atoms with Crippen LogP contribution in [0.2, 0.25) is 0 Å². The summed E-state index contributed by atoms with van der Waals surface area (Å²) in [5.41, 5.74) is 0.598. The lowest BCUT2D eigenvalue weighted by molar-refractivity contribution is 0.112. The smallest absolute Gasteiger partial charge is 0.164 e. The van der Waals surface area contributed by atoms with E-state index in [2.05, 4.69) is 23.9 Å². The maximum atomic E-state index is 10.7. The average molecular weight is 259 g/mol. The highest BCUT2D eigenvalue weighted by Gasteiger charge is 2.07. The maximum absolute atomic E-state index is 10.7. The van der Waals surface area contributed by atoms with Crippen molar-refractivity contribution in [3.8, 4) is 5.75 Å². The third-order valence-corrected chi connectivity index (χ3v) is 2.60. The Morgan fingerprint density at radius 1 is 1.42 bits per heavy atom. The van der Waals surface area contributed by atoms with Crippen LogP contribution in [0.1, 0.15) is 30.0 Å². The highest BCUT2D eigenvalue weighted by Crippen LogP contribution is 2.13. The van der Waals surface area contributed by atoms with Gasteiger partial charge in [0.1, 0.15) is 25.0 Å². The molecule has 0 fully saturated rings. The van der Waals surface area contributed by atoms with Gasteiger partial charge in [-0.05, 0) is 18.1 Å². The molecule has 2 rings (SSSR count). The lowest BCUT2D eigenvalue weighted by Gasteiger charge is -2.09. The highest BCUT2D eigenvalue weighted by molar-refractivity contribution is 5.75. The van der Waals surface area contributed by atoms with E-state index in [9.17, 15) is 4.79 Å². The summed E-state index contributed by atoms with van der Waals surface area (Å²) in [6.07, 6.45) is 2.33. The first-order valence-electron chi connectivity index (χ1n) is 6.23. The molecule has 0 bridgehead atoms. The van der Waals surface area contributed by atoms with Gasteiger partial charge in [0.25, 0.3) is 0 Å². The predicted molar refractivity (Wildman–Crippen MR) is 71.0 cm³/mol. The minimum atomic E-state index is 0.342. The lowest BCUT2D eigenvalue weighted by Crippen LogP contribution is -2.12. The normalized spacial score (nSPS) is 10.7. The number of aromatic nitrogens is 3. The van der Waals surface area contributed by atoms with Crippen LogP contribution in [0.25, 0.3) is 0 Å². The summed E-state index contributed by atoms with van der Waals surface area (Å²) in [6, 6.07) is 7.05. The molecule has 0 aliphatic rings. The second kappa shape index (κ2) is 6.13. The van der Waals surface area contributed by atoms with Crippen molar-refractivity contribution in [1.82, 2.24) is 14.8 Å². The standard InChI is InChI=1S/C14H17N3O2/c1-11(2)7-17-14(15-10-16-17)9-19-13-5-3-4-12(6-13)8-18/h3-6,8,10-11H,7,9H2,1-2H3. The Balaban J connectivity index is 2.02. The number of carbonyl (C=O) groups is 1. The topological polar surface area (TPSA) is 57.0 Å². The molecule has 5 heteroatoms. The molecule has 0 aliphatic carbocycles. The number of benzene rings is 1. The maximum Gasteiger partial charge on any atom is 0.164 e. The molecule has 0 saturated carbocycles. The second-order valence-corrected chi connectivity index (χ2v) is 4.73. The van der Waals surface area contributed by atoms with E-state index in [4.69, 9.17) is 4.74 Å². The zero-order valence-electron chi connectivity index (χ0n) is 11.1. The van der Waals surface area contributed by atoms with E-state index in [0.29, 0.717) is 23.8 Å². The third kappa shape index (κ3) is 3.64. The third-order valence-electron chi connectivity index (χ3n) is 2.60. The van der Waals surface area contributed by atoms with Crippen molar-refractivity contribution in [2.45, 2.75) is 27.0 Å². The molecule has 1 heterocycles. The van der Waals surface area contributed by atoms with Gasteiger partial charge in [-0.2, -0.15) is 5.10 Å². The van der Waals surface area contributed by atoms with E-state index >= 15 is 0 Å². The second-order valence-electron chi connectivity index (χ2n) is 4.73. The quantitative estimate of drug-likeness (QED) is 0.747. The molecule has 1 aromatic carbocycles. The van der Waals surface area contributed by atoms with Crippen LogP contribution in [0, 0.1) is 5.92 Å². The number of ether oxygens (including phenoxy) is 1. The molecule has 0 unspecified atom stereocenters. The Morgan fingerprint density at radius 2 is 2.26 bits per heavy atom. The van der Waals surface area contributed by atoms with Crippen molar-refractivity contribution in [3.63, 3.8) is 0 Å². The molecule has 0 aliphatic heterocycles. The summed E-state index contributed by atoms with van der Waals surface area (Å²) < 4.78 is 7.47. The molecule has 0 amide bonds. The van der Waals surface area contributed by atoms with Crippen molar-refractivity contribution in [1.29, 1.82) is 0 Å². The van der Waals surface area contributed by atoms with Crippen LogP contribution < -0.4 is 4.74 Å². The molecule has 100 valence electrons. The fourth-order valence-corrected chi connectivity index (χ4v) is 1.72. The van der Waals surface area contributed by atoms with Crippen LogP contribution in [0.3, 0.4) is 0 Å². The van der Waals surface area contributed by atoms with Crippen molar-refractivity contribution in [2.75, 3.05) is 0 Å². The number of hydrogen-bond donors (Lipinski definition) is 0. The zero-order valence-corrected chi connectivity index (χ0v) is 11.1. The molecule has 19 heavy (non-hydrogen) atoms. The number of nitrogens with zero attached hydrogens (tertiary/aromatic N) is 3. The van der Waals surface area contributed by atoms with Crippen molar-refractivity contribution in [2.24, 2.45) is 5.92 Å². The Bertz CT molecular complexity index is 549. The van der Waals surface area contributed by atoms with Gasteiger partial charge in [-0.15, -0.1) is 0 Å². The first-order chi connectivity index (χ1) is 9.19. The number of aldehydes is 1. The van der Waals surface area contributed by atoms with Gasteiger partial charge in [0.15, 0.2) is 5.82 Å². The van der Waals surface area contributed by atoms with Crippen molar-refractivity contribution < 1.29 is 9.53 Å². The van der Waals surface area contributed by atoms with E-state index in [0.717, 1.165) is 18.7 Å². The number of carbonyl (C=O) groups excluding carboxylic acids is 1. The summed E-state index contributed by atoms with van der Waals surface area (Å²) in [7, 11) is 0. The Kier molecular flexibility index (Phi) is 4.28. The molecule has 1 aromatic heterocycles. The Labute approximate surface area is 112 Å². The lowest BCUT2D eigenvalue weighted by atomic mass is 10.2. The number of rotatable bonds is 6. The van der Waals surface area contributed by atoms with Crippen LogP contribution in [-0.2, 0) is 13.2 Å². The summed E-state index contributed by atoms with van der Waals surface area (Å²) in [6.45, 7) is 5.40. The summed E-state index contributed by atoms with van der Waals surface area (Å²) >= 11 is 0. The van der Waals surface area contributed by atoms with E-state index in [1.807, 2.05) is 10.7 Å². The van der Waals surface area contributed by atoms with Crippen LogP contribution in [0.4, 0.5) is 0 Å². The van der Waals surface area contributed by atoms with Crippen molar-refractivity contribution >= 4 is 6.29 Å². The highest BCUT2D eigenvalue weighted by atomic mass is 16.5. The molecule has 0 atom stereocenters. The first-order valence-corrected chi connectivity index (χ1v) is 6.23. The molecule has 0 saturated heterocycles.